The first kappa shape index (κ1) is 19.1. The second kappa shape index (κ2) is 7.64. The molecule has 0 saturated carbocycles. The first-order valence-corrected chi connectivity index (χ1v) is 9.44. The molecule has 0 fully saturated rings. The Hall–Kier alpha value is -3.25. The van der Waals surface area contributed by atoms with E-state index in [0.717, 1.165) is 11.3 Å². The van der Waals surface area contributed by atoms with Crippen molar-refractivity contribution in [2.45, 2.75) is 13.1 Å². The Bertz CT molecular complexity index is 1090. The van der Waals surface area contributed by atoms with Crippen molar-refractivity contribution in [1.82, 2.24) is 4.98 Å². The number of rotatable bonds is 5. The summed E-state index contributed by atoms with van der Waals surface area (Å²) in [6.07, 6.45) is 1.15. The number of benzene rings is 2. The lowest BCUT2D eigenvalue weighted by molar-refractivity contribution is 0.0992. The lowest BCUT2D eigenvalue weighted by atomic mass is 10.1. The highest BCUT2D eigenvalue weighted by molar-refractivity contribution is 6.30. The first-order valence-electron chi connectivity index (χ1n) is 9.06. The van der Waals surface area contributed by atoms with Crippen molar-refractivity contribution >= 4 is 28.9 Å². The fourth-order valence-corrected chi connectivity index (χ4v) is 3.62. The molecule has 1 N–H and O–H groups in total. The highest BCUT2D eigenvalue weighted by Crippen LogP contribution is 2.42. The van der Waals surface area contributed by atoms with Crippen LogP contribution in [0.25, 0.3) is 0 Å². The summed E-state index contributed by atoms with van der Waals surface area (Å²) < 4.78 is 10.9. The average Bonchev–Trinajstić information content (AvgIpc) is 3.02. The molecule has 1 amide bonds. The topological polar surface area (TPSA) is 63.7 Å². The molecule has 7 heteroatoms. The zero-order valence-corrected chi connectivity index (χ0v) is 17.0. The molecule has 148 valence electrons. The molecule has 1 unspecified atom stereocenters. The predicted molar refractivity (Wildman–Crippen MR) is 113 cm³/mol. The van der Waals surface area contributed by atoms with Gasteiger partial charge >= 0.3 is 0 Å². The molecule has 1 aliphatic heterocycles. The summed E-state index contributed by atoms with van der Waals surface area (Å²) >= 11 is 6.20. The predicted octanol–water partition coefficient (Wildman–Crippen LogP) is 4.83. The Kier molecular flexibility index (Phi) is 5.03. The minimum absolute atomic E-state index is 0.170. The molecule has 4 rings (SSSR count). The third kappa shape index (κ3) is 3.36. The molecule has 0 saturated heterocycles. The molecule has 0 bridgehead atoms. The van der Waals surface area contributed by atoms with Gasteiger partial charge in [0.15, 0.2) is 6.17 Å². The number of halogens is 1. The number of nitrogens with one attached hydrogen (secondary N) is 1. The van der Waals surface area contributed by atoms with Crippen LogP contribution in [-0.4, -0.2) is 25.1 Å². The number of methoxy groups -OCH3 is 2. The molecule has 6 nitrogen and oxygen atoms in total. The largest absolute Gasteiger partial charge is 0.497 e. The van der Waals surface area contributed by atoms with Crippen molar-refractivity contribution in [3.8, 4) is 11.5 Å². The summed E-state index contributed by atoms with van der Waals surface area (Å²) in [5, 5.41) is 4.04. The number of hydrogen-bond donors (Lipinski definition) is 1. The standard InChI is InChI=1S/C22H20ClN3O3/c1-13-6-7-14(23)11-17(13)25-21-20-16(5-4-10-24-20)22(27)26(21)18-12-15(28-2)8-9-19(18)29-3/h4-12,21,25H,1-3H3. The quantitative estimate of drug-likeness (QED) is 0.653. The zero-order chi connectivity index (χ0) is 20.5. The Morgan fingerprint density at radius 2 is 1.93 bits per heavy atom. The van der Waals surface area contributed by atoms with Gasteiger partial charge < -0.3 is 14.8 Å². The molecule has 0 aliphatic carbocycles. The van der Waals surface area contributed by atoms with E-state index in [2.05, 4.69) is 10.3 Å². The van der Waals surface area contributed by atoms with Crippen LogP contribution in [0.3, 0.4) is 0 Å². The molecular weight excluding hydrogens is 390 g/mol. The van der Waals surface area contributed by atoms with Crippen LogP contribution < -0.4 is 19.7 Å². The Morgan fingerprint density at radius 1 is 1.10 bits per heavy atom. The van der Waals surface area contributed by atoms with E-state index < -0.39 is 6.17 Å². The number of hydrogen-bond acceptors (Lipinski definition) is 5. The number of pyridine rings is 1. The van der Waals surface area contributed by atoms with Gasteiger partial charge in [-0.05, 0) is 48.9 Å². The second-order valence-electron chi connectivity index (χ2n) is 6.66. The second-order valence-corrected chi connectivity index (χ2v) is 7.09. The molecule has 3 aromatic rings. The Labute approximate surface area is 174 Å². The van der Waals surface area contributed by atoms with Crippen LogP contribution in [0.4, 0.5) is 11.4 Å². The van der Waals surface area contributed by atoms with Crippen molar-refractivity contribution in [2.75, 3.05) is 24.4 Å². The van der Waals surface area contributed by atoms with Crippen molar-refractivity contribution in [3.63, 3.8) is 0 Å². The van der Waals surface area contributed by atoms with E-state index in [4.69, 9.17) is 21.1 Å². The molecule has 1 aliphatic rings. The maximum absolute atomic E-state index is 13.3. The maximum Gasteiger partial charge on any atom is 0.262 e. The van der Waals surface area contributed by atoms with E-state index in [-0.39, 0.29) is 5.91 Å². The molecule has 1 aromatic heterocycles. The first-order chi connectivity index (χ1) is 14.0. The number of anilines is 2. The summed E-state index contributed by atoms with van der Waals surface area (Å²) in [6, 6.07) is 14.5. The number of fused-ring (bicyclic) bond motifs is 1. The third-order valence-corrected chi connectivity index (χ3v) is 5.18. The van der Waals surface area contributed by atoms with Gasteiger partial charge in [0.1, 0.15) is 11.5 Å². The van der Waals surface area contributed by atoms with Crippen molar-refractivity contribution in [2.24, 2.45) is 0 Å². The Morgan fingerprint density at radius 3 is 2.69 bits per heavy atom. The molecule has 2 aromatic carbocycles. The molecule has 1 atom stereocenters. The van der Waals surface area contributed by atoms with Gasteiger partial charge in [-0.15, -0.1) is 0 Å². The van der Waals surface area contributed by atoms with Crippen molar-refractivity contribution in [1.29, 1.82) is 0 Å². The summed E-state index contributed by atoms with van der Waals surface area (Å²) in [4.78, 5) is 19.5. The summed E-state index contributed by atoms with van der Waals surface area (Å²) in [5.74, 6) is 1.01. The summed E-state index contributed by atoms with van der Waals surface area (Å²) in [5.41, 5.74) is 3.59. The Balaban J connectivity index is 1.86. The van der Waals surface area contributed by atoms with E-state index in [9.17, 15) is 4.79 Å². The van der Waals surface area contributed by atoms with Crippen LogP contribution in [-0.2, 0) is 0 Å². The number of ether oxygens (including phenoxy) is 2. The van der Waals surface area contributed by atoms with Gasteiger partial charge in [-0.3, -0.25) is 14.7 Å². The monoisotopic (exact) mass is 409 g/mol. The van der Waals surface area contributed by atoms with Gasteiger partial charge in [0, 0.05) is 23.0 Å². The molecule has 0 radical (unpaired) electrons. The lowest BCUT2D eigenvalue weighted by Gasteiger charge is -2.28. The van der Waals surface area contributed by atoms with Crippen LogP contribution in [0.5, 0.6) is 11.5 Å². The highest BCUT2D eigenvalue weighted by atomic mass is 35.5. The van der Waals surface area contributed by atoms with Crippen LogP contribution in [0.15, 0.2) is 54.7 Å². The minimum atomic E-state index is -0.531. The fourth-order valence-electron chi connectivity index (χ4n) is 3.45. The van der Waals surface area contributed by atoms with E-state index in [1.807, 2.05) is 25.1 Å². The van der Waals surface area contributed by atoms with Crippen LogP contribution >= 0.6 is 11.6 Å². The van der Waals surface area contributed by atoms with Gasteiger partial charge in [-0.2, -0.15) is 0 Å². The number of nitrogens with zero attached hydrogens (tertiary/aromatic N) is 2. The zero-order valence-electron chi connectivity index (χ0n) is 16.3. The van der Waals surface area contributed by atoms with Crippen LogP contribution in [0, 0.1) is 6.92 Å². The minimum Gasteiger partial charge on any atom is -0.497 e. The van der Waals surface area contributed by atoms with Crippen LogP contribution in [0.1, 0.15) is 27.8 Å². The van der Waals surface area contributed by atoms with E-state index >= 15 is 0 Å². The molecular formula is C22H20ClN3O3. The smallest absolute Gasteiger partial charge is 0.262 e. The van der Waals surface area contributed by atoms with E-state index in [1.165, 1.54) is 0 Å². The maximum atomic E-state index is 13.3. The van der Waals surface area contributed by atoms with Gasteiger partial charge in [0.2, 0.25) is 0 Å². The number of aromatic nitrogens is 1. The number of carbonyl (C=O) groups is 1. The van der Waals surface area contributed by atoms with Gasteiger partial charge in [-0.25, -0.2) is 0 Å². The van der Waals surface area contributed by atoms with Crippen LogP contribution in [0.2, 0.25) is 5.02 Å². The molecule has 29 heavy (non-hydrogen) atoms. The number of amides is 1. The average molecular weight is 410 g/mol. The third-order valence-electron chi connectivity index (χ3n) is 4.94. The van der Waals surface area contributed by atoms with Crippen molar-refractivity contribution in [3.05, 3.63) is 76.6 Å². The van der Waals surface area contributed by atoms with E-state index in [0.29, 0.717) is 33.5 Å². The number of aryl methyl sites for hydroxylation is 1. The highest BCUT2D eigenvalue weighted by Gasteiger charge is 2.40. The van der Waals surface area contributed by atoms with E-state index in [1.54, 1.807) is 55.6 Å². The summed E-state index contributed by atoms with van der Waals surface area (Å²) in [7, 11) is 3.15. The molecule has 2 heterocycles. The normalized spacial score (nSPS) is 15.2. The van der Waals surface area contributed by atoms with Gasteiger partial charge in [0.25, 0.3) is 5.91 Å². The molecule has 0 spiro atoms. The fraction of sp³-hybridized carbons (Fsp3) is 0.182. The summed E-state index contributed by atoms with van der Waals surface area (Å²) in [6.45, 7) is 1.98. The van der Waals surface area contributed by atoms with Gasteiger partial charge in [-0.1, -0.05) is 17.7 Å². The SMILES string of the molecule is COc1ccc(OC)c(N2C(=O)c3cccnc3C2Nc2cc(Cl)ccc2C)c1. The van der Waals surface area contributed by atoms with Crippen molar-refractivity contribution < 1.29 is 14.3 Å². The number of carbonyl (C=O) groups excluding carboxylic acids is 1. The lowest BCUT2D eigenvalue weighted by Crippen LogP contribution is -2.33. The van der Waals surface area contributed by atoms with Gasteiger partial charge in [0.05, 0.1) is 31.2 Å².